The summed E-state index contributed by atoms with van der Waals surface area (Å²) < 4.78 is 10.4. The molecule has 31 heavy (non-hydrogen) atoms. The van der Waals surface area contributed by atoms with Crippen LogP contribution in [-0.4, -0.2) is 18.7 Å². The second kappa shape index (κ2) is 8.47. The number of rotatable bonds is 6. The molecular weight excluding hydrogens is 392 g/mol. The van der Waals surface area contributed by atoms with Crippen LogP contribution >= 0.6 is 0 Å². The Balaban J connectivity index is 1.72. The van der Waals surface area contributed by atoms with Crippen LogP contribution in [0.25, 0.3) is 23.3 Å². The summed E-state index contributed by atoms with van der Waals surface area (Å²) >= 11 is 0. The number of aryl methyl sites for hydroxylation is 2. The van der Waals surface area contributed by atoms with E-state index in [1.54, 1.807) is 18.5 Å². The molecule has 0 saturated carbocycles. The highest BCUT2D eigenvalue weighted by atomic mass is 16.5. The van der Waals surface area contributed by atoms with Crippen molar-refractivity contribution in [1.82, 2.24) is 18.7 Å². The van der Waals surface area contributed by atoms with Crippen LogP contribution in [0.5, 0.6) is 11.5 Å². The zero-order chi connectivity index (χ0) is 22.0. The number of para-hydroxylation sites is 1. The van der Waals surface area contributed by atoms with Crippen LogP contribution in [-0.2, 0) is 20.1 Å². The van der Waals surface area contributed by atoms with Crippen molar-refractivity contribution in [3.8, 4) is 11.5 Å². The average Bonchev–Trinajstić information content (AvgIpc) is 3.10. The molecule has 4 aromatic rings. The first kappa shape index (κ1) is 20.4. The highest BCUT2D eigenvalue weighted by Gasteiger charge is 2.17. The standard InChI is InChI=1S/C24H24N4O3/c1-4-27-22-21(23(29)28(5-2)24(27)30)26(3)20(25-22)15-14-17-10-9-13-19(16-17)31-18-11-7-6-8-12-18/h6-16H,4-5H2,1-3H3. The van der Waals surface area contributed by atoms with Crippen LogP contribution < -0.4 is 16.0 Å². The molecule has 0 aliphatic heterocycles. The topological polar surface area (TPSA) is 71.1 Å². The minimum atomic E-state index is -0.332. The number of imidazole rings is 1. The van der Waals surface area contributed by atoms with Crippen molar-refractivity contribution in [2.75, 3.05) is 0 Å². The third-order valence-electron chi connectivity index (χ3n) is 5.17. The van der Waals surface area contributed by atoms with Crippen molar-refractivity contribution in [3.05, 3.63) is 86.8 Å². The van der Waals surface area contributed by atoms with Gasteiger partial charge in [0.15, 0.2) is 11.2 Å². The SMILES string of the molecule is CCn1c(=O)c2c(nc(C=Cc3cccc(Oc4ccccc4)c3)n2C)n(CC)c1=O. The normalized spacial score (nSPS) is 11.5. The van der Waals surface area contributed by atoms with Crippen molar-refractivity contribution in [2.45, 2.75) is 26.9 Å². The Kier molecular flexibility index (Phi) is 5.58. The summed E-state index contributed by atoms with van der Waals surface area (Å²) in [7, 11) is 1.79. The van der Waals surface area contributed by atoms with E-state index in [2.05, 4.69) is 4.98 Å². The number of fused-ring (bicyclic) bond motifs is 1. The molecule has 0 aliphatic rings. The molecule has 0 bridgehead atoms. The Hall–Kier alpha value is -3.87. The van der Waals surface area contributed by atoms with Gasteiger partial charge in [0.2, 0.25) is 0 Å². The third kappa shape index (κ3) is 3.82. The first-order chi connectivity index (χ1) is 15.0. The van der Waals surface area contributed by atoms with Crippen LogP contribution in [0.15, 0.2) is 64.2 Å². The summed E-state index contributed by atoms with van der Waals surface area (Å²) in [6, 6.07) is 17.3. The molecule has 0 aliphatic carbocycles. The molecule has 0 saturated heterocycles. The van der Waals surface area contributed by atoms with Gasteiger partial charge in [-0.1, -0.05) is 36.4 Å². The van der Waals surface area contributed by atoms with Gasteiger partial charge in [-0.25, -0.2) is 9.78 Å². The van der Waals surface area contributed by atoms with Gasteiger partial charge in [-0.05, 0) is 49.8 Å². The Bertz CT molecular complexity index is 1380. The molecule has 7 nitrogen and oxygen atoms in total. The molecule has 158 valence electrons. The molecule has 0 atom stereocenters. The third-order valence-corrected chi connectivity index (χ3v) is 5.17. The van der Waals surface area contributed by atoms with E-state index < -0.39 is 0 Å². The fraction of sp³-hybridized carbons (Fsp3) is 0.208. The predicted octanol–water partition coefficient (Wildman–Crippen LogP) is 3.90. The number of ether oxygens (including phenoxy) is 1. The fourth-order valence-corrected chi connectivity index (χ4v) is 3.57. The Morgan fingerprint density at radius 2 is 1.61 bits per heavy atom. The second-order valence-corrected chi connectivity index (χ2v) is 7.10. The quantitative estimate of drug-likeness (QED) is 0.478. The molecule has 7 heteroatoms. The van der Waals surface area contributed by atoms with Gasteiger partial charge in [0.05, 0.1) is 0 Å². The summed E-state index contributed by atoms with van der Waals surface area (Å²) in [6.45, 7) is 4.41. The summed E-state index contributed by atoms with van der Waals surface area (Å²) in [5.41, 5.74) is 1.11. The summed E-state index contributed by atoms with van der Waals surface area (Å²) in [4.78, 5) is 30.0. The number of hydrogen-bond donors (Lipinski definition) is 0. The van der Waals surface area contributed by atoms with Gasteiger partial charge in [0, 0.05) is 20.1 Å². The van der Waals surface area contributed by atoms with Gasteiger partial charge in [-0.15, -0.1) is 0 Å². The molecule has 2 heterocycles. The zero-order valence-corrected chi connectivity index (χ0v) is 17.8. The van der Waals surface area contributed by atoms with Gasteiger partial charge in [-0.2, -0.15) is 0 Å². The summed E-state index contributed by atoms with van der Waals surface area (Å²) in [5, 5.41) is 0. The van der Waals surface area contributed by atoms with Crippen molar-refractivity contribution < 1.29 is 4.74 Å². The van der Waals surface area contributed by atoms with Crippen molar-refractivity contribution in [1.29, 1.82) is 0 Å². The lowest BCUT2D eigenvalue weighted by Gasteiger charge is -2.08. The lowest BCUT2D eigenvalue weighted by Crippen LogP contribution is -2.39. The van der Waals surface area contributed by atoms with Crippen molar-refractivity contribution >= 4 is 23.3 Å². The van der Waals surface area contributed by atoms with Crippen LogP contribution in [0.1, 0.15) is 25.2 Å². The van der Waals surface area contributed by atoms with E-state index in [4.69, 9.17) is 4.74 Å². The van der Waals surface area contributed by atoms with Crippen LogP contribution in [0.4, 0.5) is 0 Å². The van der Waals surface area contributed by atoms with Gasteiger partial charge in [0.25, 0.3) is 5.56 Å². The number of benzene rings is 2. The van der Waals surface area contributed by atoms with Crippen molar-refractivity contribution in [3.63, 3.8) is 0 Å². The monoisotopic (exact) mass is 416 g/mol. The van der Waals surface area contributed by atoms with Crippen LogP contribution in [0, 0.1) is 0 Å². The maximum Gasteiger partial charge on any atom is 0.332 e. The first-order valence-electron chi connectivity index (χ1n) is 10.2. The fourth-order valence-electron chi connectivity index (χ4n) is 3.57. The highest BCUT2D eigenvalue weighted by molar-refractivity contribution is 5.76. The van der Waals surface area contributed by atoms with Gasteiger partial charge >= 0.3 is 5.69 Å². The summed E-state index contributed by atoms with van der Waals surface area (Å²) in [5.74, 6) is 2.09. The molecule has 2 aromatic heterocycles. The molecule has 2 aromatic carbocycles. The van der Waals surface area contributed by atoms with Gasteiger partial charge in [0.1, 0.15) is 17.3 Å². The molecule has 4 rings (SSSR count). The van der Waals surface area contributed by atoms with Crippen LogP contribution in [0.3, 0.4) is 0 Å². The Morgan fingerprint density at radius 3 is 2.32 bits per heavy atom. The predicted molar refractivity (Wildman–Crippen MR) is 122 cm³/mol. The van der Waals surface area contributed by atoms with E-state index in [0.29, 0.717) is 30.1 Å². The van der Waals surface area contributed by atoms with Crippen molar-refractivity contribution in [2.24, 2.45) is 7.05 Å². The van der Waals surface area contributed by atoms with E-state index in [9.17, 15) is 9.59 Å². The lowest BCUT2D eigenvalue weighted by atomic mass is 10.2. The van der Waals surface area contributed by atoms with Crippen LogP contribution in [0.2, 0.25) is 0 Å². The smallest absolute Gasteiger partial charge is 0.332 e. The van der Waals surface area contributed by atoms with Gasteiger partial charge < -0.3 is 9.30 Å². The van der Waals surface area contributed by atoms with E-state index in [-0.39, 0.29) is 11.2 Å². The first-order valence-corrected chi connectivity index (χ1v) is 10.2. The van der Waals surface area contributed by atoms with E-state index >= 15 is 0 Å². The summed E-state index contributed by atoms with van der Waals surface area (Å²) in [6.07, 6.45) is 3.74. The van der Waals surface area contributed by atoms with Gasteiger partial charge in [-0.3, -0.25) is 13.9 Å². The average molecular weight is 416 g/mol. The number of nitrogens with zero attached hydrogens (tertiary/aromatic N) is 4. The largest absolute Gasteiger partial charge is 0.457 e. The zero-order valence-electron chi connectivity index (χ0n) is 17.8. The number of aromatic nitrogens is 4. The Morgan fingerprint density at radius 1 is 0.903 bits per heavy atom. The molecule has 0 N–H and O–H groups in total. The number of hydrogen-bond acceptors (Lipinski definition) is 4. The lowest BCUT2D eigenvalue weighted by molar-refractivity contribution is 0.482. The molecule has 0 fully saturated rings. The van der Waals surface area contributed by atoms with E-state index in [0.717, 1.165) is 17.1 Å². The minimum Gasteiger partial charge on any atom is -0.457 e. The minimum absolute atomic E-state index is 0.318. The molecular formula is C24H24N4O3. The maximum absolute atomic E-state index is 12.8. The van der Waals surface area contributed by atoms with E-state index in [1.807, 2.05) is 73.7 Å². The molecule has 0 amide bonds. The van der Waals surface area contributed by atoms with E-state index in [1.165, 1.54) is 9.13 Å². The highest BCUT2D eigenvalue weighted by Crippen LogP contribution is 2.23. The maximum atomic E-state index is 12.8. The second-order valence-electron chi connectivity index (χ2n) is 7.10. The molecule has 0 unspecified atom stereocenters. The Labute approximate surface area is 179 Å². The molecule has 0 radical (unpaired) electrons. The molecule has 0 spiro atoms.